The van der Waals surface area contributed by atoms with Crippen molar-refractivity contribution in [2.45, 2.75) is 33.1 Å². The zero-order valence-corrected chi connectivity index (χ0v) is 9.83. The molecule has 0 bridgehead atoms. The first kappa shape index (κ1) is 11.8. The molecule has 0 fully saturated rings. The van der Waals surface area contributed by atoms with Gasteiger partial charge in [0.25, 0.3) is 0 Å². The van der Waals surface area contributed by atoms with Crippen molar-refractivity contribution in [1.29, 1.82) is 0 Å². The molecule has 0 aliphatic carbocycles. The van der Waals surface area contributed by atoms with E-state index >= 15 is 0 Å². The average Bonchev–Trinajstić information content (AvgIpc) is 2.24. The van der Waals surface area contributed by atoms with E-state index in [1.54, 1.807) is 7.11 Å². The molecule has 1 aromatic carbocycles. The average molecular weight is 206 g/mol. The van der Waals surface area contributed by atoms with E-state index in [4.69, 9.17) is 4.74 Å². The molecule has 1 atom stereocenters. The van der Waals surface area contributed by atoms with Crippen LogP contribution in [0.4, 0.5) is 0 Å². The second-order valence-electron chi connectivity index (χ2n) is 3.83. The minimum absolute atomic E-state index is 0.00889. The molecule has 0 aliphatic rings. The van der Waals surface area contributed by atoms with E-state index in [0.717, 1.165) is 35.1 Å². The highest BCUT2D eigenvalue weighted by Gasteiger charge is 2.12. The monoisotopic (exact) mass is 206 g/mol. The van der Waals surface area contributed by atoms with Gasteiger partial charge in [0.15, 0.2) is 0 Å². The number of hydrogen-bond acceptors (Lipinski definition) is 2. The smallest absolute Gasteiger partial charge is 0.127 e. The van der Waals surface area contributed by atoms with Crippen LogP contribution in [-0.2, 0) is 4.79 Å². The van der Waals surface area contributed by atoms with Gasteiger partial charge in [-0.25, -0.2) is 0 Å². The summed E-state index contributed by atoms with van der Waals surface area (Å²) in [6.45, 7) is 6.04. The number of methoxy groups -OCH3 is 1. The Morgan fingerprint density at radius 1 is 1.33 bits per heavy atom. The number of aldehydes is 1. The molecule has 2 nitrogen and oxygen atoms in total. The van der Waals surface area contributed by atoms with Crippen LogP contribution >= 0.6 is 0 Å². The van der Waals surface area contributed by atoms with Gasteiger partial charge in [-0.1, -0.05) is 13.0 Å². The topological polar surface area (TPSA) is 26.3 Å². The summed E-state index contributed by atoms with van der Waals surface area (Å²) >= 11 is 0. The van der Waals surface area contributed by atoms with Gasteiger partial charge in [0, 0.05) is 5.92 Å². The Morgan fingerprint density at radius 2 is 2.00 bits per heavy atom. The largest absolute Gasteiger partial charge is 0.496 e. The molecule has 1 unspecified atom stereocenters. The Morgan fingerprint density at radius 3 is 2.47 bits per heavy atom. The van der Waals surface area contributed by atoms with E-state index in [2.05, 4.69) is 6.07 Å². The lowest BCUT2D eigenvalue weighted by Crippen LogP contribution is -2.02. The van der Waals surface area contributed by atoms with E-state index in [0.29, 0.717) is 0 Å². The molecule has 0 saturated heterocycles. The predicted octanol–water partition coefficient (Wildman–Crippen LogP) is 3.00. The van der Waals surface area contributed by atoms with Crippen molar-refractivity contribution in [2.75, 3.05) is 7.11 Å². The minimum Gasteiger partial charge on any atom is -0.496 e. The van der Waals surface area contributed by atoms with E-state index < -0.39 is 0 Å². The molecule has 0 heterocycles. The lowest BCUT2D eigenvalue weighted by Gasteiger charge is -2.14. The van der Waals surface area contributed by atoms with Gasteiger partial charge in [-0.15, -0.1) is 0 Å². The normalized spacial score (nSPS) is 12.3. The highest BCUT2D eigenvalue weighted by atomic mass is 16.5. The van der Waals surface area contributed by atoms with Gasteiger partial charge in [-0.05, 0) is 43.0 Å². The maximum Gasteiger partial charge on any atom is 0.127 e. The fourth-order valence-corrected chi connectivity index (χ4v) is 1.82. The van der Waals surface area contributed by atoms with Gasteiger partial charge in [-0.3, -0.25) is 0 Å². The Kier molecular flexibility index (Phi) is 3.89. The van der Waals surface area contributed by atoms with Crippen LogP contribution < -0.4 is 4.74 Å². The van der Waals surface area contributed by atoms with E-state index in [1.165, 1.54) is 0 Å². The van der Waals surface area contributed by atoms with Crippen LogP contribution in [0.3, 0.4) is 0 Å². The van der Waals surface area contributed by atoms with Crippen LogP contribution in [0.5, 0.6) is 5.75 Å². The van der Waals surface area contributed by atoms with Gasteiger partial charge in [-0.2, -0.15) is 0 Å². The van der Waals surface area contributed by atoms with Gasteiger partial charge < -0.3 is 9.53 Å². The number of hydrogen-bond donors (Lipinski definition) is 0. The number of benzene rings is 1. The van der Waals surface area contributed by atoms with Gasteiger partial charge >= 0.3 is 0 Å². The summed E-state index contributed by atoms with van der Waals surface area (Å²) < 4.78 is 5.24. The van der Waals surface area contributed by atoms with Crippen molar-refractivity contribution < 1.29 is 9.53 Å². The first-order chi connectivity index (χ1) is 7.13. The van der Waals surface area contributed by atoms with Crippen LogP contribution in [0.2, 0.25) is 0 Å². The van der Waals surface area contributed by atoms with Gasteiger partial charge in [0.2, 0.25) is 0 Å². The number of aryl methyl sites for hydroxylation is 2. The summed E-state index contributed by atoms with van der Waals surface area (Å²) in [7, 11) is 1.67. The second-order valence-corrected chi connectivity index (χ2v) is 3.83. The third-order valence-electron chi connectivity index (χ3n) is 2.79. The lowest BCUT2D eigenvalue weighted by molar-refractivity contribution is -0.109. The van der Waals surface area contributed by atoms with Crippen LogP contribution in [0.25, 0.3) is 0 Å². The maximum absolute atomic E-state index is 10.9. The van der Waals surface area contributed by atoms with Crippen molar-refractivity contribution in [3.8, 4) is 5.75 Å². The summed E-state index contributed by atoms with van der Waals surface area (Å²) in [4.78, 5) is 10.9. The van der Waals surface area contributed by atoms with Gasteiger partial charge in [0.05, 0.1) is 7.11 Å². The predicted molar refractivity (Wildman–Crippen MR) is 61.6 cm³/mol. The molecule has 0 aromatic heterocycles. The summed E-state index contributed by atoms with van der Waals surface area (Å²) in [6, 6.07) is 4.05. The molecule has 0 radical (unpaired) electrons. The fraction of sp³-hybridized carbons (Fsp3) is 0.462. The number of rotatable bonds is 4. The van der Waals surface area contributed by atoms with Crippen molar-refractivity contribution in [3.05, 3.63) is 28.8 Å². The highest BCUT2D eigenvalue weighted by Crippen LogP contribution is 2.28. The zero-order valence-electron chi connectivity index (χ0n) is 9.83. The van der Waals surface area contributed by atoms with Crippen LogP contribution in [0, 0.1) is 13.8 Å². The zero-order chi connectivity index (χ0) is 11.4. The molecule has 0 spiro atoms. The molecular formula is C13H18O2. The maximum atomic E-state index is 10.9. The van der Waals surface area contributed by atoms with E-state index in [1.807, 2.05) is 26.8 Å². The van der Waals surface area contributed by atoms with E-state index in [9.17, 15) is 4.79 Å². The van der Waals surface area contributed by atoms with Crippen LogP contribution in [0.1, 0.15) is 36.0 Å². The Balaban J connectivity index is 3.20. The van der Waals surface area contributed by atoms with Crippen molar-refractivity contribution >= 4 is 6.29 Å². The third-order valence-corrected chi connectivity index (χ3v) is 2.79. The number of carbonyl (C=O) groups is 1. The number of ether oxygens (including phenoxy) is 1. The standard InChI is InChI=1S/C13H18O2/c1-5-11(8-14)12-6-10(3)13(15-4)7-9(12)2/h6-8,11H,5H2,1-4H3. The first-order valence-electron chi connectivity index (χ1n) is 5.24. The molecule has 15 heavy (non-hydrogen) atoms. The molecule has 2 heteroatoms. The van der Waals surface area contributed by atoms with Crippen LogP contribution in [0.15, 0.2) is 12.1 Å². The molecule has 1 aromatic rings. The Labute approximate surface area is 91.3 Å². The summed E-state index contributed by atoms with van der Waals surface area (Å²) in [5.41, 5.74) is 3.32. The molecule has 0 aliphatic heterocycles. The Bertz CT molecular complexity index is 356. The molecular weight excluding hydrogens is 188 g/mol. The quantitative estimate of drug-likeness (QED) is 0.708. The molecule has 0 amide bonds. The fourth-order valence-electron chi connectivity index (χ4n) is 1.82. The Hall–Kier alpha value is -1.31. The molecule has 0 N–H and O–H groups in total. The van der Waals surface area contributed by atoms with E-state index in [-0.39, 0.29) is 5.92 Å². The lowest BCUT2D eigenvalue weighted by atomic mass is 9.92. The SMILES string of the molecule is CCC(C=O)c1cc(C)c(OC)cc1C. The molecule has 0 saturated carbocycles. The first-order valence-corrected chi connectivity index (χ1v) is 5.24. The summed E-state index contributed by atoms with van der Waals surface area (Å²) in [6.07, 6.45) is 1.87. The van der Waals surface area contributed by atoms with Crippen molar-refractivity contribution in [2.24, 2.45) is 0 Å². The summed E-state index contributed by atoms with van der Waals surface area (Å²) in [5.74, 6) is 0.895. The van der Waals surface area contributed by atoms with Crippen molar-refractivity contribution in [3.63, 3.8) is 0 Å². The van der Waals surface area contributed by atoms with Crippen molar-refractivity contribution in [1.82, 2.24) is 0 Å². The number of carbonyl (C=O) groups excluding carboxylic acids is 1. The molecule has 1 rings (SSSR count). The third kappa shape index (κ3) is 2.38. The molecule has 82 valence electrons. The minimum atomic E-state index is 0.00889. The summed E-state index contributed by atoms with van der Waals surface area (Å²) in [5, 5.41) is 0. The second kappa shape index (κ2) is 4.96. The van der Waals surface area contributed by atoms with Gasteiger partial charge in [0.1, 0.15) is 12.0 Å². The van der Waals surface area contributed by atoms with Crippen LogP contribution in [-0.4, -0.2) is 13.4 Å². The highest BCUT2D eigenvalue weighted by molar-refractivity contribution is 5.64.